The molecule has 1 aliphatic carbocycles. The van der Waals surface area contributed by atoms with E-state index in [9.17, 15) is 0 Å². The van der Waals surface area contributed by atoms with Crippen LogP contribution in [0, 0.1) is 9.49 Å². The van der Waals surface area contributed by atoms with Gasteiger partial charge in [-0.05, 0) is 65.6 Å². The summed E-state index contributed by atoms with van der Waals surface area (Å²) in [6, 6.07) is 8.91. The Balaban J connectivity index is 1.87. The molecule has 1 fully saturated rings. The summed E-state index contributed by atoms with van der Waals surface area (Å²) in [5, 5.41) is 0. The number of nitrogens with zero attached hydrogens (tertiary/aromatic N) is 1. The van der Waals surface area contributed by atoms with Crippen molar-refractivity contribution in [1.82, 2.24) is 4.90 Å². The van der Waals surface area contributed by atoms with Crippen molar-refractivity contribution in [3.05, 3.63) is 33.4 Å². The fraction of sp³-hybridized carbons (Fsp3) is 0.571. The van der Waals surface area contributed by atoms with Crippen LogP contribution in [0.3, 0.4) is 0 Å². The zero-order valence-corrected chi connectivity index (χ0v) is 12.1. The van der Waals surface area contributed by atoms with Gasteiger partial charge in [-0.25, -0.2) is 0 Å². The summed E-state index contributed by atoms with van der Waals surface area (Å²) >= 11 is 2.36. The molecular weight excluding hydrogens is 309 g/mol. The molecule has 0 spiro atoms. The zero-order chi connectivity index (χ0) is 11.4. The smallest absolute Gasteiger partial charge is 0.0233 e. The van der Waals surface area contributed by atoms with Gasteiger partial charge in [0, 0.05) is 16.7 Å². The van der Waals surface area contributed by atoms with E-state index in [1.54, 1.807) is 0 Å². The van der Waals surface area contributed by atoms with E-state index in [1.165, 1.54) is 41.5 Å². The lowest BCUT2D eigenvalue weighted by Gasteiger charge is -2.31. The second-order valence-electron chi connectivity index (χ2n) is 4.75. The first-order chi connectivity index (χ1) is 7.78. The molecule has 2 rings (SSSR count). The van der Waals surface area contributed by atoms with E-state index >= 15 is 0 Å². The van der Waals surface area contributed by atoms with Crippen LogP contribution in [0.1, 0.15) is 31.7 Å². The highest BCUT2D eigenvalue weighted by atomic mass is 127. The average Bonchev–Trinajstić information content (AvgIpc) is 2.24. The molecule has 1 saturated carbocycles. The Kier molecular flexibility index (Phi) is 4.65. The van der Waals surface area contributed by atoms with Crippen LogP contribution >= 0.6 is 22.6 Å². The van der Waals surface area contributed by atoms with Crippen LogP contribution in [0.4, 0.5) is 0 Å². The first-order valence-electron chi connectivity index (χ1n) is 6.24. The molecule has 2 heteroatoms. The quantitative estimate of drug-likeness (QED) is 0.740. The second-order valence-corrected chi connectivity index (χ2v) is 6.00. The standard InChI is InChI=1S/C14H20IN/c1-2-16(10-12-4-3-5-12)11-13-6-8-14(15)9-7-13/h6-9,12H,2-5,10-11H2,1H3. The first-order valence-corrected chi connectivity index (χ1v) is 7.32. The molecule has 88 valence electrons. The van der Waals surface area contributed by atoms with Gasteiger partial charge >= 0.3 is 0 Å². The van der Waals surface area contributed by atoms with Gasteiger partial charge in [-0.1, -0.05) is 25.5 Å². The normalized spacial score (nSPS) is 16.4. The molecule has 0 bridgehead atoms. The molecule has 0 aromatic heterocycles. The summed E-state index contributed by atoms with van der Waals surface area (Å²) in [6.45, 7) is 5.85. The molecular formula is C14H20IN. The Morgan fingerprint density at radius 3 is 2.44 bits per heavy atom. The van der Waals surface area contributed by atoms with E-state index in [0.717, 1.165) is 12.5 Å². The van der Waals surface area contributed by atoms with Gasteiger partial charge in [0.15, 0.2) is 0 Å². The van der Waals surface area contributed by atoms with Crippen molar-refractivity contribution in [2.75, 3.05) is 13.1 Å². The first kappa shape index (κ1) is 12.4. The highest BCUT2D eigenvalue weighted by molar-refractivity contribution is 14.1. The van der Waals surface area contributed by atoms with Crippen molar-refractivity contribution in [2.24, 2.45) is 5.92 Å². The molecule has 1 nitrogen and oxygen atoms in total. The van der Waals surface area contributed by atoms with E-state index in [2.05, 4.69) is 58.7 Å². The third kappa shape index (κ3) is 3.45. The highest BCUT2D eigenvalue weighted by Crippen LogP contribution is 2.27. The van der Waals surface area contributed by atoms with Gasteiger partial charge in [0.1, 0.15) is 0 Å². The lowest BCUT2D eigenvalue weighted by Crippen LogP contribution is -2.32. The van der Waals surface area contributed by atoms with Crippen molar-refractivity contribution >= 4 is 22.6 Å². The van der Waals surface area contributed by atoms with Crippen LogP contribution < -0.4 is 0 Å². The summed E-state index contributed by atoms with van der Waals surface area (Å²) in [4.78, 5) is 2.58. The molecule has 1 aromatic rings. The van der Waals surface area contributed by atoms with Crippen molar-refractivity contribution in [3.8, 4) is 0 Å². The average molecular weight is 329 g/mol. The summed E-state index contributed by atoms with van der Waals surface area (Å²) < 4.78 is 1.32. The van der Waals surface area contributed by atoms with Crippen molar-refractivity contribution in [1.29, 1.82) is 0 Å². The van der Waals surface area contributed by atoms with E-state index in [4.69, 9.17) is 0 Å². The molecule has 0 N–H and O–H groups in total. The van der Waals surface area contributed by atoms with Gasteiger partial charge < -0.3 is 0 Å². The van der Waals surface area contributed by atoms with Crippen LogP contribution in [-0.4, -0.2) is 18.0 Å². The zero-order valence-electron chi connectivity index (χ0n) is 9.95. The number of rotatable bonds is 5. The van der Waals surface area contributed by atoms with Gasteiger partial charge in [0.2, 0.25) is 0 Å². The maximum atomic E-state index is 2.58. The molecule has 0 saturated heterocycles. The minimum absolute atomic E-state index is 0.976. The Labute approximate surface area is 112 Å². The van der Waals surface area contributed by atoms with Crippen molar-refractivity contribution < 1.29 is 0 Å². The van der Waals surface area contributed by atoms with Gasteiger partial charge in [0.25, 0.3) is 0 Å². The monoisotopic (exact) mass is 329 g/mol. The SMILES string of the molecule is CCN(Cc1ccc(I)cc1)CC1CCC1. The predicted octanol–water partition coefficient (Wildman–Crippen LogP) is 3.91. The van der Waals surface area contributed by atoms with E-state index in [1.807, 2.05) is 0 Å². The summed E-state index contributed by atoms with van der Waals surface area (Å²) in [6.07, 6.45) is 4.35. The molecule has 1 aromatic carbocycles. The molecule has 0 atom stereocenters. The topological polar surface area (TPSA) is 3.24 Å². The van der Waals surface area contributed by atoms with Gasteiger partial charge in [0.05, 0.1) is 0 Å². The van der Waals surface area contributed by atoms with Crippen LogP contribution in [0.15, 0.2) is 24.3 Å². The fourth-order valence-electron chi connectivity index (χ4n) is 2.19. The minimum atomic E-state index is 0.976. The van der Waals surface area contributed by atoms with Crippen LogP contribution in [-0.2, 0) is 6.54 Å². The van der Waals surface area contributed by atoms with Crippen LogP contribution in [0.25, 0.3) is 0 Å². The second kappa shape index (κ2) is 6.01. The highest BCUT2D eigenvalue weighted by Gasteiger charge is 2.19. The summed E-state index contributed by atoms with van der Waals surface area (Å²) in [5.41, 5.74) is 1.45. The van der Waals surface area contributed by atoms with Crippen molar-refractivity contribution in [2.45, 2.75) is 32.7 Å². The Hall–Kier alpha value is -0.0900. The fourth-order valence-corrected chi connectivity index (χ4v) is 2.55. The van der Waals surface area contributed by atoms with Crippen molar-refractivity contribution in [3.63, 3.8) is 0 Å². The number of hydrogen-bond donors (Lipinski definition) is 0. The molecule has 16 heavy (non-hydrogen) atoms. The molecule has 0 unspecified atom stereocenters. The third-order valence-corrected chi connectivity index (χ3v) is 4.23. The predicted molar refractivity (Wildman–Crippen MR) is 77.5 cm³/mol. The summed E-state index contributed by atoms with van der Waals surface area (Å²) in [5.74, 6) is 0.976. The molecule has 0 amide bonds. The molecule has 0 aliphatic heterocycles. The lowest BCUT2D eigenvalue weighted by molar-refractivity contribution is 0.178. The summed E-state index contributed by atoms with van der Waals surface area (Å²) in [7, 11) is 0. The van der Waals surface area contributed by atoms with Crippen LogP contribution in [0.5, 0.6) is 0 Å². The third-order valence-electron chi connectivity index (χ3n) is 3.51. The Morgan fingerprint density at radius 1 is 1.25 bits per heavy atom. The van der Waals surface area contributed by atoms with Gasteiger partial charge in [-0.15, -0.1) is 0 Å². The number of benzene rings is 1. The Morgan fingerprint density at radius 2 is 1.94 bits per heavy atom. The number of hydrogen-bond acceptors (Lipinski definition) is 1. The van der Waals surface area contributed by atoms with E-state index in [-0.39, 0.29) is 0 Å². The Bertz CT molecular complexity index is 316. The molecule has 0 radical (unpaired) electrons. The largest absolute Gasteiger partial charge is 0.299 e. The maximum absolute atomic E-state index is 2.58. The van der Waals surface area contributed by atoms with Gasteiger partial charge in [-0.3, -0.25) is 4.90 Å². The van der Waals surface area contributed by atoms with E-state index in [0.29, 0.717) is 0 Å². The number of halogens is 1. The molecule has 0 heterocycles. The molecule has 1 aliphatic rings. The minimum Gasteiger partial charge on any atom is -0.299 e. The van der Waals surface area contributed by atoms with Gasteiger partial charge in [-0.2, -0.15) is 0 Å². The lowest BCUT2D eigenvalue weighted by atomic mass is 9.85. The van der Waals surface area contributed by atoms with E-state index < -0.39 is 0 Å². The maximum Gasteiger partial charge on any atom is 0.0233 e. The van der Waals surface area contributed by atoms with Crippen LogP contribution in [0.2, 0.25) is 0 Å².